The van der Waals surface area contributed by atoms with Crippen LogP contribution in [0.1, 0.15) is 200 Å². The molecule has 0 fully saturated rings. The zero-order valence-corrected chi connectivity index (χ0v) is 82.4. The van der Waals surface area contributed by atoms with E-state index in [9.17, 15) is 72.9 Å². The number of carbonyl (C=O) groups is 12. The van der Waals surface area contributed by atoms with E-state index in [0.29, 0.717) is 104 Å². The summed E-state index contributed by atoms with van der Waals surface area (Å²) in [6.07, 6.45) is 3.64. The molecule has 0 radical (unpaired) electrons. The van der Waals surface area contributed by atoms with Gasteiger partial charge < -0.3 is 61.3 Å². The van der Waals surface area contributed by atoms with Crippen LogP contribution in [0.3, 0.4) is 0 Å². The summed E-state index contributed by atoms with van der Waals surface area (Å²) in [6, 6.07) is 42.6. The van der Waals surface area contributed by atoms with Gasteiger partial charge >= 0.3 is 0 Å². The van der Waals surface area contributed by atoms with Gasteiger partial charge in [0.2, 0.25) is 35.4 Å². The number of ketones is 6. The Morgan fingerprint density at radius 2 is 0.939 bits per heavy atom. The summed E-state index contributed by atoms with van der Waals surface area (Å²) < 4.78 is 11.7. The molecule has 9 N–H and O–H groups in total. The van der Waals surface area contributed by atoms with Crippen molar-refractivity contribution in [2.24, 2.45) is 29.4 Å². The number of likely N-dealkylation sites (N-methyl/N-ethyl adjacent to an activating group) is 2. The van der Waals surface area contributed by atoms with E-state index in [1.165, 1.54) is 49.8 Å². The number of halogens is 3. The topological polar surface area (TPSA) is 365 Å². The molecule has 706 valence electrons. The highest BCUT2D eigenvalue weighted by Crippen LogP contribution is 2.43. The number of amides is 6. The molecule has 0 saturated carbocycles. The molecule has 2 aliphatic heterocycles. The average Bonchev–Trinajstić information content (AvgIpc) is 0.792. The van der Waals surface area contributed by atoms with Crippen molar-refractivity contribution in [1.82, 2.24) is 31.1 Å². The first kappa shape index (κ1) is 107. The van der Waals surface area contributed by atoms with Crippen molar-refractivity contribution in [2.45, 2.75) is 214 Å². The monoisotopic (exact) mass is 1920 g/mol. The van der Waals surface area contributed by atoms with Crippen molar-refractivity contribution in [1.29, 1.82) is 0 Å². The number of benzene rings is 8. The number of aliphatic hydroxyl groups is 1. The lowest BCUT2D eigenvalue weighted by molar-refractivity contribution is -0.142. The third kappa shape index (κ3) is 29.6. The molecule has 24 nitrogen and oxygen atoms in total. The van der Waals surface area contributed by atoms with E-state index in [1.807, 2.05) is 73.7 Å². The fraction of sp³-hybridized carbons (Fsp3) is 0.423. The number of fused-ring (bicyclic) bond motifs is 10. The van der Waals surface area contributed by atoms with Crippen LogP contribution in [0.25, 0.3) is 44.5 Å². The van der Waals surface area contributed by atoms with Crippen molar-refractivity contribution in [2.75, 3.05) is 45.8 Å². The summed E-state index contributed by atoms with van der Waals surface area (Å²) in [5.74, 6) is -8.44. The largest absolute Gasteiger partial charge is 0.507 e. The maximum Gasteiger partial charge on any atom is 0.243 e. The standard InChI is InChI=1S/C48H55ClN4O9.C48H54ClN3O7.C8H19BrOSi/c1-28-23-43(58)45(53(4)48(61)36(7-5-6-20-50)27-42(57)34-11-9-32(10-12-34)33-13-16-37(49)17-14-33)35-15-19-44(62-22-21-54)39(26-35)38-24-31(8-18-41(38)56)25-40(52-46(28)59)47(60)51-29(2)30(3)55;1-7-8-9-10-37(27-43(55)35-15-13-33(14-16-35)34-17-20-38(49)21-18-34)48(59)52(6)45-36-19-22-42(54)40(26-36)39-24-32(12-11-28(39)2)25-41(47(58)50-30(4)31(5)53)51-46(57)29(3)23-44(45)56;1-8(2,3)11(4,5)10-7-6-9/h8-19,24,26,28-29,36,40,45,54,56H,5-7,20-23,25,27,50H2,1-4H3,(H,51,60)(H,52,59);11-22,24,26,29-30,37,41,45,54H,7-10,23,25,27H2,1-6H3,(H,50,58)(H,51,57);6-7H2,1-5H3/t28-,29+,36-,40+,45+;29-,30+,37-,41+,45+;/m11./s1. The quantitative estimate of drug-likeness (QED) is 0.00840. The second kappa shape index (κ2) is 49.8. The molecule has 132 heavy (non-hydrogen) atoms. The molecule has 0 saturated heterocycles. The number of nitrogens with zero attached hydrogens (tertiary/aromatic N) is 2. The number of phenolic OH excluding ortho intramolecular Hbond substituents is 2. The molecule has 8 aromatic rings. The normalized spacial score (nSPS) is 17.3. The van der Waals surface area contributed by atoms with Crippen LogP contribution in [0, 0.1) is 30.6 Å². The number of nitrogens with one attached hydrogen (secondary N) is 4. The molecular weight excluding hydrogens is 1800 g/mol. The van der Waals surface area contributed by atoms with Gasteiger partial charge in [-0.05, 0) is 195 Å². The number of hydrogen-bond donors (Lipinski definition) is 8. The van der Waals surface area contributed by atoms with Gasteiger partial charge in [0.25, 0.3) is 0 Å². The van der Waals surface area contributed by atoms with E-state index in [4.69, 9.17) is 38.1 Å². The minimum atomic E-state index is -1.46. The minimum Gasteiger partial charge on any atom is -0.507 e. The molecule has 0 spiro atoms. The number of hydrogen-bond acceptors (Lipinski definition) is 18. The van der Waals surface area contributed by atoms with Gasteiger partial charge in [0.05, 0.1) is 18.7 Å². The van der Waals surface area contributed by atoms with Crippen LogP contribution in [0.4, 0.5) is 0 Å². The Kier molecular flexibility index (Phi) is 40.2. The first-order chi connectivity index (χ1) is 62.5. The lowest BCUT2D eigenvalue weighted by atomic mass is 9.87. The molecule has 10 rings (SSSR count). The highest BCUT2D eigenvalue weighted by atomic mass is 79.9. The highest BCUT2D eigenvalue weighted by Gasteiger charge is 2.41. The minimum absolute atomic E-state index is 0.0285. The Labute approximate surface area is 795 Å². The number of aliphatic hydroxyl groups excluding tert-OH is 1. The molecular formula is C104H128BrCl2N7O17Si. The first-order valence-corrected chi connectivity index (χ1v) is 49.9. The number of nitrogens with two attached hydrogens (primary N) is 1. The summed E-state index contributed by atoms with van der Waals surface area (Å²) in [4.78, 5) is 168. The molecule has 0 aromatic heterocycles. The second-order valence-electron chi connectivity index (χ2n) is 36.1. The number of aromatic hydroxyl groups is 2. The van der Waals surface area contributed by atoms with Gasteiger partial charge in [0.15, 0.2) is 43.0 Å². The molecule has 0 unspecified atom stereocenters. The number of Topliss-reactive ketones (excluding diaryl/α,β-unsaturated/α-hetero) is 6. The Hall–Kier alpha value is -10.8. The average molecular weight is 1930 g/mol. The number of alkyl halides is 1. The van der Waals surface area contributed by atoms with Gasteiger partial charge in [0.1, 0.15) is 48.0 Å². The number of carbonyl (C=O) groups excluding carboxylic acids is 12. The van der Waals surface area contributed by atoms with E-state index < -0.39 is 109 Å². The van der Waals surface area contributed by atoms with Crippen LogP contribution in [0.2, 0.25) is 28.2 Å². The number of phenols is 2. The summed E-state index contributed by atoms with van der Waals surface area (Å²) in [7, 11) is 1.58. The molecule has 28 heteroatoms. The molecule has 8 aromatic carbocycles. The Morgan fingerprint density at radius 3 is 1.35 bits per heavy atom. The van der Waals surface area contributed by atoms with Gasteiger partial charge in [0, 0.05) is 126 Å². The van der Waals surface area contributed by atoms with Crippen LogP contribution in [0.15, 0.2) is 170 Å². The van der Waals surface area contributed by atoms with Gasteiger partial charge in [-0.15, -0.1) is 0 Å². The smallest absolute Gasteiger partial charge is 0.243 e. The zero-order valence-electron chi connectivity index (χ0n) is 78.3. The van der Waals surface area contributed by atoms with E-state index in [0.717, 1.165) is 52.6 Å². The van der Waals surface area contributed by atoms with Gasteiger partial charge in [-0.25, -0.2) is 0 Å². The predicted molar refractivity (Wildman–Crippen MR) is 523 cm³/mol. The van der Waals surface area contributed by atoms with Gasteiger partial charge in [-0.2, -0.15) is 0 Å². The SMILES string of the molecule is CC(=O)[C@H](C)NC(=O)[C@@H]1Cc2ccc(O)c(c2)-c2cc(ccc2OCCO)[C@H](N(C)C(=O)[C@H](CCCCN)CC(=O)c2ccc(-c3ccc(Cl)cc3)cc2)C(=O)C[C@@H](C)C(=O)N1.CC(C)(C)[Si](C)(C)OCCBr.CCCCC[C@H](CC(=O)c1ccc(-c2ccc(Cl)cc2)cc1)C(=O)N(C)[C@@H]1C(=O)C[C@@H](C)C(=O)N[C@H](C(=O)N[C@@H](C)C(C)=O)Cc2ccc(C)c(c2)-c2cc1ccc2O. The van der Waals surface area contributed by atoms with Crippen molar-refractivity contribution >= 4 is 118 Å². The van der Waals surface area contributed by atoms with Crippen molar-refractivity contribution in [3.63, 3.8) is 0 Å². The summed E-state index contributed by atoms with van der Waals surface area (Å²) in [6.45, 7) is 25.0. The molecule has 6 amide bonds. The summed E-state index contributed by atoms with van der Waals surface area (Å²) >= 11 is 15.5. The van der Waals surface area contributed by atoms with Crippen molar-refractivity contribution in [3.05, 3.63) is 219 Å². The Bertz CT molecular complexity index is 5400. The Morgan fingerprint density at radius 1 is 0.545 bits per heavy atom. The third-order valence-corrected chi connectivity index (χ3v) is 30.2. The third-order valence-electron chi connectivity index (χ3n) is 24.9. The number of unbranched alkanes of at least 4 members (excludes halogenated alkanes) is 3. The van der Waals surface area contributed by atoms with Crippen LogP contribution in [-0.4, -0.2) is 174 Å². The maximum atomic E-state index is 14.7. The molecule has 8 bridgehead atoms. The van der Waals surface area contributed by atoms with Gasteiger partial charge in [-0.1, -0.05) is 216 Å². The highest BCUT2D eigenvalue weighted by molar-refractivity contribution is 9.09. The first-order valence-electron chi connectivity index (χ1n) is 45.1. The summed E-state index contributed by atoms with van der Waals surface area (Å²) in [5, 5.41) is 45.5. The molecule has 2 heterocycles. The zero-order chi connectivity index (χ0) is 97.2. The number of ether oxygens (including phenoxy) is 1. The number of aryl methyl sites for hydroxylation is 1. The van der Waals surface area contributed by atoms with E-state index in [2.05, 4.69) is 78.0 Å². The molecule has 0 aliphatic carbocycles. The molecule has 2 aliphatic rings. The maximum absolute atomic E-state index is 14.7. The van der Waals surface area contributed by atoms with Crippen LogP contribution < -0.4 is 31.7 Å². The summed E-state index contributed by atoms with van der Waals surface area (Å²) in [5.41, 5.74) is 14.9. The van der Waals surface area contributed by atoms with E-state index in [-0.39, 0.29) is 104 Å². The van der Waals surface area contributed by atoms with E-state index >= 15 is 0 Å². The fourth-order valence-corrected chi connectivity index (χ4v) is 17.3. The van der Waals surface area contributed by atoms with E-state index in [1.54, 1.807) is 119 Å². The van der Waals surface area contributed by atoms with Crippen LogP contribution in [0.5, 0.6) is 17.2 Å². The number of rotatable bonds is 32. The lowest BCUT2D eigenvalue weighted by Gasteiger charge is -2.35. The second-order valence-corrected chi connectivity index (χ2v) is 42.5. The fourth-order valence-electron chi connectivity index (χ4n) is 15.6. The predicted octanol–water partition coefficient (Wildman–Crippen LogP) is 17.8. The van der Waals surface area contributed by atoms with Crippen molar-refractivity contribution in [3.8, 4) is 61.8 Å². The lowest BCUT2D eigenvalue weighted by Crippen LogP contribution is -2.52. The van der Waals surface area contributed by atoms with Crippen molar-refractivity contribution < 1.29 is 82.0 Å². The van der Waals surface area contributed by atoms with Crippen LogP contribution >= 0.6 is 39.1 Å². The van der Waals surface area contributed by atoms with Crippen LogP contribution in [-0.2, 0) is 65.2 Å². The molecule has 10 atom stereocenters. The van der Waals surface area contributed by atoms with Gasteiger partial charge in [-0.3, -0.25) is 57.5 Å². The Balaban J connectivity index is 0.000000292.